The molecule has 0 aliphatic carbocycles. The molecule has 0 spiro atoms. The van der Waals surface area contributed by atoms with Crippen molar-refractivity contribution in [2.75, 3.05) is 0 Å². The Kier molecular flexibility index (Phi) is 3.15. The number of hydrogen-bond donors (Lipinski definition) is 1. The monoisotopic (exact) mass is 252 g/mol. The highest BCUT2D eigenvalue weighted by Crippen LogP contribution is 2.34. The van der Waals surface area contributed by atoms with Gasteiger partial charge in [0, 0.05) is 22.4 Å². The number of rotatable bonds is 2. The second-order valence-corrected chi connectivity index (χ2v) is 4.72. The minimum atomic E-state index is 1.16. The second kappa shape index (κ2) is 5.10. The number of allylic oxidation sites excluding steroid dienone is 1. The first-order valence-corrected chi connectivity index (χ1v) is 6.57. The number of hydrazone groups is 1. The van der Waals surface area contributed by atoms with E-state index in [1.165, 1.54) is 16.0 Å². The van der Waals surface area contributed by atoms with Gasteiger partial charge in [0.05, 0.1) is 6.21 Å². The van der Waals surface area contributed by atoms with E-state index in [1.807, 2.05) is 30.5 Å². The van der Waals surface area contributed by atoms with Crippen molar-refractivity contribution < 1.29 is 0 Å². The minimum absolute atomic E-state index is 1.16. The van der Waals surface area contributed by atoms with Crippen LogP contribution in [0.1, 0.15) is 11.1 Å². The van der Waals surface area contributed by atoms with Crippen molar-refractivity contribution in [3.05, 3.63) is 71.8 Å². The lowest BCUT2D eigenvalue weighted by atomic mass is 10.0. The Morgan fingerprint density at radius 1 is 0.778 bits per heavy atom. The van der Waals surface area contributed by atoms with Crippen LogP contribution in [0.2, 0.25) is 0 Å². The Morgan fingerprint density at radius 3 is 2.06 bits per heavy atom. The van der Waals surface area contributed by atoms with E-state index >= 15 is 0 Å². The van der Waals surface area contributed by atoms with Gasteiger partial charge in [0.15, 0.2) is 0 Å². The lowest BCUT2D eigenvalue weighted by Gasteiger charge is -2.15. The summed E-state index contributed by atoms with van der Waals surface area (Å²) in [5.41, 5.74) is 3.56. The van der Waals surface area contributed by atoms with E-state index in [0.717, 1.165) is 5.57 Å². The first-order chi connectivity index (χ1) is 8.95. The molecule has 0 amide bonds. The quantitative estimate of drug-likeness (QED) is 0.822. The third-order valence-corrected chi connectivity index (χ3v) is 3.62. The van der Waals surface area contributed by atoms with Crippen LogP contribution in [0.3, 0.4) is 0 Å². The highest BCUT2D eigenvalue weighted by molar-refractivity contribution is 8.06. The molecule has 0 radical (unpaired) electrons. The molecule has 0 atom stereocenters. The highest BCUT2D eigenvalue weighted by Gasteiger charge is 2.13. The topological polar surface area (TPSA) is 24.4 Å². The molecule has 2 nitrogen and oxygen atoms in total. The molecule has 18 heavy (non-hydrogen) atoms. The Labute approximate surface area is 111 Å². The summed E-state index contributed by atoms with van der Waals surface area (Å²) >= 11 is 1.55. The van der Waals surface area contributed by atoms with Gasteiger partial charge in [-0.25, -0.2) is 4.83 Å². The van der Waals surface area contributed by atoms with Crippen molar-refractivity contribution >= 4 is 28.6 Å². The standard InChI is InChI=1S/C15H12N2S/c1-3-7-12(8-4-1)14-11-16-17-18-15(14)13-9-5-2-6-10-13/h1-11,17H. The van der Waals surface area contributed by atoms with Gasteiger partial charge >= 0.3 is 0 Å². The van der Waals surface area contributed by atoms with Crippen LogP contribution in [0.25, 0.3) is 10.5 Å². The van der Waals surface area contributed by atoms with Crippen molar-refractivity contribution in [2.45, 2.75) is 0 Å². The summed E-state index contributed by atoms with van der Waals surface area (Å²) in [7, 11) is 0. The van der Waals surface area contributed by atoms with Gasteiger partial charge < -0.3 is 0 Å². The summed E-state index contributed by atoms with van der Waals surface area (Å²) in [5.74, 6) is 0. The van der Waals surface area contributed by atoms with Gasteiger partial charge in [-0.3, -0.25) is 0 Å². The lowest BCUT2D eigenvalue weighted by Crippen LogP contribution is -2.04. The largest absolute Gasteiger partial charge is 0.247 e. The molecular weight excluding hydrogens is 240 g/mol. The summed E-state index contributed by atoms with van der Waals surface area (Å²) in [4.78, 5) is 4.17. The van der Waals surface area contributed by atoms with Crippen molar-refractivity contribution in [1.29, 1.82) is 0 Å². The first-order valence-electron chi connectivity index (χ1n) is 5.75. The van der Waals surface area contributed by atoms with Crippen LogP contribution < -0.4 is 4.83 Å². The molecule has 0 bridgehead atoms. The lowest BCUT2D eigenvalue weighted by molar-refractivity contribution is 1.13. The third kappa shape index (κ3) is 2.17. The molecule has 1 heterocycles. The summed E-state index contributed by atoms with van der Waals surface area (Å²) in [6.45, 7) is 0. The normalized spacial score (nSPS) is 14.4. The van der Waals surface area contributed by atoms with Crippen LogP contribution in [0.15, 0.2) is 65.8 Å². The Hall–Kier alpha value is -2.00. The molecule has 2 aromatic carbocycles. The van der Waals surface area contributed by atoms with Crippen LogP contribution in [0, 0.1) is 0 Å². The number of benzene rings is 2. The molecule has 3 heteroatoms. The smallest absolute Gasteiger partial charge is 0.0568 e. The van der Waals surface area contributed by atoms with Crippen molar-refractivity contribution in [3.8, 4) is 0 Å². The van der Waals surface area contributed by atoms with Crippen molar-refractivity contribution in [2.24, 2.45) is 5.10 Å². The third-order valence-electron chi connectivity index (χ3n) is 2.76. The molecule has 0 saturated carbocycles. The summed E-state index contributed by atoms with van der Waals surface area (Å²) in [6, 6.07) is 20.7. The van der Waals surface area contributed by atoms with Gasteiger partial charge in [-0.05, 0) is 11.1 Å². The van der Waals surface area contributed by atoms with Crippen molar-refractivity contribution in [3.63, 3.8) is 0 Å². The Morgan fingerprint density at radius 2 is 1.39 bits per heavy atom. The maximum atomic E-state index is 4.14. The average Bonchev–Trinajstić information content (AvgIpc) is 2.49. The summed E-state index contributed by atoms with van der Waals surface area (Å²) in [6.07, 6.45) is 1.88. The van der Waals surface area contributed by atoms with Gasteiger partial charge in [0.1, 0.15) is 0 Å². The van der Waals surface area contributed by atoms with Gasteiger partial charge in [0.25, 0.3) is 0 Å². The number of hydrogen-bond acceptors (Lipinski definition) is 3. The van der Waals surface area contributed by atoms with Crippen LogP contribution in [0.5, 0.6) is 0 Å². The molecule has 1 aliphatic heterocycles. The van der Waals surface area contributed by atoms with E-state index in [0.29, 0.717) is 0 Å². The van der Waals surface area contributed by atoms with E-state index in [2.05, 4.69) is 46.3 Å². The molecule has 2 aromatic rings. The molecule has 0 unspecified atom stereocenters. The second-order valence-electron chi connectivity index (χ2n) is 3.93. The molecule has 0 saturated heterocycles. The van der Waals surface area contributed by atoms with Gasteiger partial charge in [-0.15, -0.1) is 0 Å². The molecule has 1 aliphatic rings. The highest BCUT2D eigenvalue weighted by atomic mass is 32.2. The van der Waals surface area contributed by atoms with Gasteiger partial charge in [0.2, 0.25) is 0 Å². The zero-order valence-electron chi connectivity index (χ0n) is 9.71. The summed E-state index contributed by atoms with van der Waals surface area (Å²) < 4.78 is 0. The van der Waals surface area contributed by atoms with Gasteiger partial charge in [-0.2, -0.15) is 5.10 Å². The van der Waals surface area contributed by atoms with E-state index in [-0.39, 0.29) is 0 Å². The molecule has 0 fully saturated rings. The Balaban J connectivity index is 2.13. The van der Waals surface area contributed by atoms with E-state index in [1.54, 1.807) is 11.9 Å². The summed E-state index contributed by atoms with van der Waals surface area (Å²) in [5, 5.41) is 4.14. The van der Waals surface area contributed by atoms with E-state index in [9.17, 15) is 0 Å². The van der Waals surface area contributed by atoms with E-state index in [4.69, 9.17) is 0 Å². The molecule has 88 valence electrons. The predicted octanol–water partition coefficient (Wildman–Crippen LogP) is 3.79. The average molecular weight is 252 g/mol. The zero-order valence-corrected chi connectivity index (χ0v) is 10.5. The van der Waals surface area contributed by atoms with Crippen LogP contribution in [-0.2, 0) is 0 Å². The molecular formula is C15H12N2S. The van der Waals surface area contributed by atoms with Crippen molar-refractivity contribution in [1.82, 2.24) is 4.83 Å². The maximum absolute atomic E-state index is 4.14. The molecule has 3 rings (SSSR count). The van der Waals surface area contributed by atoms with Crippen LogP contribution in [-0.4, -0.2) is 6.21 Å². The fourth-order valence-electron chi connectivity index (χ4n) is 1.90. The SMILES string of the molecule is C1=NNSC(c2ccccc2)=C1c1ccccc1. The van der Waals surface area contributed by atoms with Gasteiger partial charge in [-0.1, -0.05) is 60.7 Å². The minimum Gasteiger partial charge on any atom is -0.247 e. The first kappa shape index (κ1) is 11.1. The van der Waals surface area contributed by atoms with E-state index < -0.39 is 0 Å². The Bertz CT molecular complexity index is 588. The van der Waals surface area contributed by atoms with Crippen LogP contribution >= 0.6 is 11.9 Å². The number of nitrogens with one attached hydrogen (secondary N) is 1. The fraction of sp³-hybridized carbons (Fsp3) is 0. The fourth-order valence-corrected chi connectivity index (χ4v) is 2.63. The maximum Gasteiger partial charge on any atom is 0.0568 e. The molecule has 0 aromatic heterocycles. The predicted molar refractivity (Wildman–Crippen MR) is 78.9 cm³/mol. The van der Waals surface area contributed by atoms with Crippen LogP contribution in [0.4, 0.5) is 0 Å². The zero-order chi connectivity index (χ0) is 12.2. The molecule has 1 N–H and O–H groups in total. The number of nitrogens with zero attached hydrogens (tertiary/aromatic N) is 1.